The van der Waals surface area contributed by atoms with Gasteiger partial charge in [0, 0.05) is 18.8 Å². The van der Waals surface area contributed by atoms with Crippen LogP contribution in [0.1, 0.15) is 46.1 Å². The zero-order valence-electron chi connectivity index (χ0n) is 16.4. The molecule has 1 unspecified atom stereocenters. The van der Waals surface area contributed by atoms with E-state index in [0.717, 1.165) is 29.0 Å². The first-order chi connectivity index (χ1) is 13.5. The number of furan rings is 1. The molecule has 146 valence electrons. The second kappa shape index (κ2) is 8.61. The number of para-hydroxylation sites is 1. The molecule has 0 bridgehead atoms. The van der Waals surface area contributed by atoms with Crippen molar-refractivity contribution < 1.29 is 13.9 Å². The van der Waals surface area contributed by atoms with Crippen molar-refractivity contribution in [1.29, 1.82) is 0 Å². The number of nitrogens with one attached hydrogen (secondary N) is 1. The third-order valence-electron chi connectivity index (χ3n) is 4.46. The smallest absolute Gasteiger partial charge is 0.287 e. The van der Waals surface area contributed by atoms with E-state index in [4.69, 9.17) is 9.15 Å². The molecular formula is C22H25N3O3. The van der Waals surface area contributed by atoms with Crippen LogP contribution >= 0.6 is 0 Å². The molecule has 6 nitrogen and oxygen atoms in total. The van der Waals surface area contributed by atoms with Crippen molar-refractivity contribution in [2.24, 2.45) is 7.05 Å². The highest BCUT2D eigenvalue weighted by atomic mass is 16.5. The maximum atomic E-state index is 12.5. The lowest BCUT2D eigenvalue weighted by Crippen LogP contribution is -2.26. The van der Waals surface area contributed by atoms with E-state index in [0.29, 0.717) is 5.76 Å². The molecule has 28 heavy (non-hydrogen) atoms. The molecule has 3 rings (SSSR count). The Morgan fingerprint density at radius 2 is 2.14 bits per heavy atom. The first-order valence-corrected chi connectivity index (χ1v) is 9.19. The molecule has 2 heterocycles. The van der Waals surface area contributed by atoms with Gasteiger partial charge < -0.3 is 14.5 Å². The summed E-state index contributed by atoms with van der Waals surface area (Å²) in [5.41, 5.74) is 2.93. The van der Waals surface area contributed by atoms with E-state index >= 15 is 0 Å². The highest BCUT2D eigenvalue weighted by Gasteiger charge is 2.18. The van der Waals surface area contributed by atoms with Gasteiger partial charge in [0.1, 0.15) is 18.1 Å². The predicted molar refractivity (Wildman–Crippen MR) is 107 cm³/mol. The number of hydrogen-bond donors (Lipinski definition) is 1. The number of carbonyl (C=O) groups excluding carboxylic acids is 1. The summed E-state index contributed by atoms with van der Waals surface area (Å²) in [7, 11) is 1.86. The Hall–Kier alpha value is -3.28. The Morgan fingerprint density at radius 1 is 1.36 bits per heavy atom. The minimum atomic E-state index is -0.269. The zero-order valence-corrected chi connectivity index (χ0v) is 16.4. The lowest BCUT2D eigenvalue weighted by atomic mass is 10.1. The van der Waals surface area contributed by atoms with E-state index in [1.807, 2.05) is 57.4 Å². The summed E-state index contributed by atoms with van der Waals surface area (Å²) < 4.78 is 13.3. The van der Waals surface area contributed by atoms with Gasteiger partial charge in [-0.15, -0.1) is 6.58 Å². The van der Waals surface area contributed by atoms with Crippen LogP contribution in [0.15, 0.2) is 59.7 Å². The van der Waals surface area contributed by atoms with Gasteiger partial charge >= 0.3 is 0 Å². The van der Waals surface area contributed by atoms with Crippen LogP contribution in [0.3, 0.4) is 0 Å². The minimum absolute atomic E-state index is 0.170. The van der Waals surface area contributed by atoms with Crippen molar-refractivity contribution in [3.05, 3.63) is 83.6 Å². The van der Waals surface area contributed by atoms with Crippen LogP contribution < -0.4 is 10.1 Å². The van der Waals surface area contributed by atoms with E-state index in [1.165, 1.54) is 0 Å². The fraction of sp³-hybridized carbons (Fsp3) is 0.273. The predicted octanol–water partition coefficient (Wildman–Crippen LogP) is 4.12. The third-order valence-corrected chi connectivity index (χ3v) is 4.46. The molecule has 1 atom stereocenters. The van der Waals surface area contributed by atoms with Gasteiger partial charge in [0.25, 0.3) is 5.91 Å². The van der Waals surface area contributed by atoms with Gasteiger partial charge in [0.05, 0.1) is 11.7 Å². The van der Waals surface area contributed by atoms with Gasteiger partial charge in [-0.1, -0.05) is 24.3 Å². The first-order valence-electron chi connectivity index (χ1n) is 9.19. The van der Waals surface area contributed by atoms with Crippen LogP contribution in [0.2, 0.25) is 0 Å². The number of allylic oxidation sites excluding steroid dienone is 1. The minimum Gasteiger partial charge on any atom is -0.485 e. The number of benzene rings is 1. The molecular weight excluding hydrogens is 354 g/mol. The molecule has 0 fully saturated rings. The lowest BCUT2D eigenvalue weighted by molar-refractivity contribution is 0.0907. The highest BCUT2D eigenvalue weighted by molar-refractivity contribution is 5.91. The molecule has 6 heteroatoms. The number of ether oxygens (including phenoxy) is 1. The second-order valence-electron chi connectivity index (χ2n) is 6.69. The summed E-state index contributed by atoms with van der Waals surface area (Å²) in [5.74, 6) is 1.36. The number of nitrogens with zero attached hydrogens (tertiary/aromatic N) is 2. The maximum Gasteiger partial charge on any atom is 0.287 e. The lowest BCUT2D eigenvalue weighted by Gasteiger charge is -2.12. The summed E-state index contributed by atoms with van der Waals surface area (Å²) in [5, 5.41) is 7.25. The average Bonchev–Trinajstić information content (AvgIpc) is 3.27. The summed E-state index contributed by atoms with van der Waals surface area (Å²) in [4.78, 5) is 12.5. The number of amides is 1. The molecule has 0 saturated heterocycles. The Kier molecular flexibility index (Phi) is 5.99. The average molecular weight is 379 g/mol. The Labute approximate surface area is 164 Å². The Morgan fingerprint density at radius 3 is 2.86 bits per heavy atom. The van der Waals surface area contributed by atoms with Crippen molar-refractivity contribution in [3.63, 3.8) is 0 Å². The maximum absolute atomic E-state index is 12.5. The SMILES string of the molecule is C=CCc1ccccc1OCc1ccc(C(=O)NC(C)c2cn(C)nc2C)o1. The van der Waals surface area contributed by atoms with Crippen molar-refractivity contribution in [3.8, 4) is 5.75 Å². The molecule has 1 amide bonds. The normalized spacial score (nSPS) is 11.8. The van der Waals surface area contributed by atoms with E-state index < -0.39 is 0 Å². The van der Waals surface area contributed by atoms with E-state index in [1.54, 1.807) is 16.8 Å². The highest BCUT2D eigenvalue weighted by Crippen LogP contribution is 2.21. The van der Waals surface area contributed by atoms with Crippen molar-refractivity contribution >= 4 is 5.91 Å². The quantitative estimate of drug-likeness (QED) is 0.598. The van der Waals surface area contributed by atoms with Gasteiger partial charge in [0.15, 0.2) is 5.76 Å². The van der Waals surface area contributed by atoms with Crippen molar-refractivity contribution in [1.82, 2.24) is 15.1 Å². The number of aryl methyl sites for hydroxylation is 2. The van der Waals surface area contributed by atoms with Crippen LogP contribution in [-0.4, -0.2) is 15.7 Å². The summed E-state index contributed by atoms with van der Waals surface area (Å²) >= 11 is 0. The summed E-state index contributed by atoms with van der Waals surface area (Å²) in [6.45, 7) is 7.86. The molecule has 0 spiro atoms. The Bertz CT molecular complexity index is 971. The summed E-state index contributed by atoms with van der Waals surface area (Å²) in [6, 6.07) is 11.0. The largest absolute Gasteiger partial charge is 0.485 e. The fourth-order valence-electron chi connectivity index (χ4n) is 3.08. The number of carbonyl (C=O) groups is 1. The molecule has 0 saturated carbocycles. The standard InChI is InChI=1S/C22H25N3O3/c1-5-8-17-9-6-7-10-20(17)27-14-18-11-12-21(28-18)22(26)23-15(2)19-13-25(4)24-16(19)3/h5-7,9-13,15H,1,8,14H2,2-4H3,(H,23,26). The number of aromatic nitrogens is 2. The van der Waals surface area contributed by atoms with Crippen LogP contribution in [0, 0.1) is 6.92 Å². The van der Waals surface area contributed by atoms with Crippen molar-refractivity contribution in [2.45, 2.75) is 32.9 Å². The number of hydrogen-bond acceptors (Lipinski definition) is 4. The number of rotatable bonds is 8. The van der Waals surface area contributed by atoms with Gasteiger partial charge in [-0.05, 0) is 44.0 Å². The van der Waals surface area contributed by atoms with E-state index in [9.17, 15) is 4.79 Å². The third kappa shape index (κ3) is 4.52. The van der Waals surface area contributed by atoms with Gasteiger partial charge in [-0.25, -0.2) is 0 Å². The molecule has 3 aromatic rings. The first kappa shape index (κ1) is 19.5. The topological polar surface area (TPSA) is 69.3 Å². The molecule has 0 aliphatic carbocycles. The molecule has 0 aliphatic heterocycles. The van der Waals surface area contributed by atoms with Gasteiger partial charge in [-0.2, -0.15) is 5.10 Å². The van der Waals surface area contributed by atoms with Gasteiger partial charge in [-0.3, -0.25) is 9.48 Å². The van der Waals surface area contributed by atoms with Crippen molar-refractivity contribution in [2.75, 3.05) is 0 Å². The van der Waals surface area contributed by atoms with Gasteiger partial charge in [0.2, 0.25) is 0 Å². The molecule has 0 radical (unpaired) electrons. The van der Waals surface area contributed by atoms with Crippen LogP contribution in [0.5, 0.6) is 5.75 Å². The van der Waals surface area contributed by atoms with Crippen LogP contribution in [-0.2, 0) is 20.1 Å². The molecule has 2 aromatic heterocycles. The fourth-order valence-corrected chi connectivity index (χ4v) is 3.08. The zero-order chi connectivity index (χ0) is 20.1. The Balaban J connectivity index is 1.61. The van der Waals surface area contributed by atoms with E-state index in [-0.39, 0.29) is 24.3 Å². The monoisotopic (exact) mass is 379 g/mol. The van der Waals surface area contributed by atoms with Crippen LogP contribution in [0.25, 0.3) is 0 Å². The van der Waals surface area contributed by atoms with E-state index in [2.05, 4.69) is 17.0 Å². The molecule has 1 aromatic carbocycles. The molecule has 0 aliphatic rings. The second-order valence-corrected chi connectivity index (χ2v) is 6.69. The summed E-state index contributed by atoms with van der Waals surface area (Å²) in [6.07, 6.45) is 4.47. The molecule has 1 N–H and O–H groups in total. The van der Waals surface area contributed by atoms with Crippen LogP contribution in [0.4, 0.5) is 0 Å².